The molecule has 0 radical (unpaired) electrons. The summed E-state index contributed by atoms with van der Waals surface area (Å²) in [6.07, 6.45) is 1.56. The lowest BCUT2D eigenvalue weighted by atomic mass is 10.2. The summed E-state index contributed by atoms with van der Waals surface area (Å²) in [4.78, 5) is 26.7. The average molecular weight is 409 g/mol. The number of likely N-dealkylation sites (N-methyl/N-ethyl adjacent to an activating group) is 2. The van der Waals surface area contributed by atoms with Gasteiger partial charge in [-0.2, -0.15) is 0 Å². The van der Waals surface area contributed by atoms with Gasteiger partial charge >= 0.3 is 0 Å². The number of nitrogens with zero attached hydrogens (tertiary/aromatic N) is 1. The Labute approximate surface area is 155 Å². The third-order valence-corrected chi connectivity index (χ3v) is 4.25. The summed E-state index contributed by atoms with van der Waals surface area (Å²) in [6.45, 7) is 1.43. The zero-order valence-electron chi connectivity index (χ0n) is 14.4. The van der Waals surface area contributed by atoms with E-state index in [1.165, 1.54) is 4.90 Å². The van der Waals surface area contributed by atoms with E-state index in [4.69, 9.17) is 4.42 Å². The Morgan fingerprint density at radius 2 is 1.96 bits per heavy atom. The number of hydrogen-bond donors (Lipinski definition) is 2. The molecular formula is C18H23BrN3O3+. The monoisotopic (exact) mass is 408 g/mol. The Balaban J connectivity index is 1.73. The summed E-state index contributed by atoms with van der Waals surface area (Å²) in [5.74, 6) is 0.404. The van der Waals surface area contributed by atoms with Crippen LogP contribution in [0.1, 0.15) is 11.3 Å². The predicted molar refractivity (Wildman–Crippen MR) is 97.8 cm³/mol. The van der Waals surface area contributed by atoms with Crippen molar-refractivity contribution in [3.63, 3.8) is 0 Å². The van der Waals surface area contributed by atoms with E-state index in [1.54, 1.807) is 25.4 Å². The van der Waals surface area contributed by atoms with Crippen molar-refractivity contribution >= 4 is 27.7 Å². The van der Waals surface area contributed by atoms with Gasteiger partial charge in [0.1, 0.15) is 12.3 Å². The van der Waals surface area contributed by atoms with Crippen LogP contribution in [0.2, 0.25) is 0 Å². The van der Waals surface area contributed by atoms with Crippen LogP contribution in [-0.4, -0.2) is 43.9 Å². The Morgan fingerprint density at radius 3 is 2.60 bits per heavy atom. The number of hydrogen-bond acceptors (Lipinski definition) is 3. The molecule has 7 heteroatoms. The number of quaternary nitrogens is 1. The van der Waals surface area contributed by atoms with Crippen LogP contribution < -0.4 is 10.2 Å². The minimum absolute atomic E-state index is 0.0328. The molecule has 25 heavy (non-hydrogen) atoms. The van der Waals surface area contributed by atoms with Crippen molar-refractivity contribution < 1.29 is 18.9 Å². The van der Waals surface area contributed by atoms with E-state index < -0.39 is 0 Å². The summed E-state index contributed by atoms with van der Waals surface area (Å²) in [7, 11) is 3.60. The highest BCUT2D eigenvalue weighted by Gasteiger charge is 2.17. The van der Waals surface area contributed by atoms with E-state index in [0.717, 1.165) is 21.5 Å². The number of carbonyl (C=O) groups is 2. The molecule has 0 fully saturated rings. The molecule has 0 aliphatic rings. The highest BCUT2D eigenvalue weighted by Crippen LogP contribution is 2.09. The fourth-order valence-corrected chi connectivity index (χ4v) is 2.63. The molecule has 0 spiro atoms. The van der Waals surface area contributed by atoms with E-state index in [-0.39, 0.29) is 18.4 Å². The van der Waals surface area contributed by atoms with Crippen molar-refractivity contribution in [2.24, 2.45) is 0 Å². The zero-order chi connectivity index (χ0) is 18.2. The van der Waals surface area contributed by atoms with Crippen molar-refractivity contribution in [1.82, 2.24) is 10.2 Å². The van der Waals surface area contributed by atoms with Gasteiger partial charge in [-0.3, -0.25) is 9.59 Å². The molecular weight excluding hydrogens is 386 g/mol. The Hall–Kier alpha value is -2.12. The first-order chi connectivity index (χ1) is 11.9. The molecule has 1 atom stereocenters. The fourth-order valence-electron chi connectivity index (χ4n) is 2.36. The number of furan rings is 1. The highest BCUT2D eigenvalue weighted by atomic mass is 79.9. The third-order valence-electron chi connectivity index (χ3n) is 3.72. The van der Waals surface area contributed by atoms with Crippen molar-refractivity contribution in [2.45, 2.75) is 13.1 Å². The molecule has 1 unspecified atom stereocenters. The van der Waals surface area contributed by atoms with Gasteiger partial charge in [-0.05, 0) is 24.3 Å². The molecule has 1 aromatic heterocycles. The number of benzene rings is 1. The molecule has 2 aromatic rings. The summed E-state index contributed by atoms with van der Waals surface area (Å²) in [5.41, 5.74) is 1.16. The van der Waals surface area contributed by atoms with Gasteiger partial charge in [0.05, 0.1) is 26.4 Å². The Morgan fingerprint density at radius 1 is 1.24 bits per heavy atom. The Kier molecular flexibility index (Phi) is 7.21. The van der Waals surface area contributed by atoms with Gasteiger partial charge in [0.25, 0.3) is 5.91 Å². The summed E-state index contributed by atoms with van der Waals surface area (Å²) < 4.78 is 6.18. The summed E-state index contributed by atoms with van der Waals surface area (Å²) in [6, 6.07) is 11.6. The van der Waals surface area contributed by atoms with Crippen LogP contribution >= 0.6 is 15.9 Å². The van der Waals surface area contributed by atoms with E-state index in [9.17, 15) is 9.59 Å². The predicted octanol–water partition coefficient (Wildman–Crippen LogP) is 0.832. The second-order valence-electron chi connectivity index (χ2n) is 6.04. The Bertz CT molecular complexity index is 686. The molecule has 0 aliphatic heterocycles. The lowest BCUT2D eigenvalue weighted by molar-refractivity contribution is -0.885. The van der Waals surface area contributed by atoms with Crippen LogP contribution in [0.25, 0.3) is 0 Å². The summed E-state index contributed by atoms with van der Waals surface area (Å²) in [5, 5.41) is 2.73. The smallest absolute Gasteiger partial charge is 0.277 e. The largest absolute Gasteiger partial charge is 0.467 e. The van der Waals surface area contributed by atoms with Gasteiger partial charge in [0, 0.05) is 17.1 Å². The molecule has 0 saturated heterocycles. The van der Waals surface area contributed by atoms with Crippen molar-refractivity contribution in [2.75, 3.05) is 27.2 Å². The molecule has 1 aromatic carbocycles. The van der Waals surface area contributed by atoms with Gasteiger partial charge in [-0.1, -0.05) is 28.1 Å². The normalized spacial score (nSPS) is 11.8. The van der Waals surface area contributed by atoms with E-state index in [1.807, 2.05) is 31.3 Å². The van der Waals surface area contributed by atoms with Crippen LogP contribution in [0, 0.1) is 0 Å². The van der Waals surface area contributed by atoms with Gasteiger partial charge < -0.3 is 19.5 Å². The number of rotatable bonds is 8. The molecule has 1 heterocycles. The number of halogens is 1. The maximum absolute atomic E-state index is 12.3. The van der Waals surface area contributed by atoms with Crippen LogP contribution in [0.4, 0.5) is 0 Å². The van der Waals surface area contributed by atoms with Gasteiger partial charge in [-0.15, -0.1) is 0 Å². The van der Waals surface area contributed by atoms with Crippen LogP contribution in [0.3, 0.4) is 0 Å². The van der Waals surface area contributed by atoms with Crippen molar-refractivity contribution in [3.8, 4) is 0 Å². The fraction of sp³-hybridized carbons (Fsp3) is 0.333. The lowest BCUT2D eigenvalue weighted by Gasteiger charge is -2.19. The molecule has 0 saturated carbocycles. The number of carbonyl (C=O) groups excluding carboxylic acids is 2. The van der Waals surface area contributed by atoms with Gasteiger partial charge in [-0.25, -0.2) is 0 Å². The van der Waals surface area contributed by atoms with Gasteiger partial charge in [0.15, 0.2) is 6.54 Å². The molecule has 2 rings (SSSR count). The maximum atomic E-state index is 12.3. The van der Waals surface area contributed by atoms with E-state index in [2.05, 4.69) is 21.2 Å². The molecule has 6 nitrogen and oxygen atoms in total. The SMILES string of the molecule is CN(CC(=O)NCc1ccco1)C(=O)C[NH+](C)Cc1ccc(Br)cc1. The third kappa shape index (κ3) is 6.72. The molecule has 2 amide bonds. The van der Waals surface area contributed by atoms with Crippen molar-refractivity contribution in [3.05, 3.63) is 58.5 Å². The second kappa shape index (κ2) is 9.39. The second-order valence-corrected chi connectivity index (χ2v) is 6.96. The van der Waals surface area contributed by atoms with Crippen LogP contribution in [-0.2, 0) is 22.7 Å². The first-order valence-corrected chi connectivity index (χ1v) is 8.82. The number of nitrogens with one attached hydrogen (secondary N) is 2. The standard InChI is InChI=1S/C18H22BrN3O3/c1-21(11-14-5-7-15(19)8-6-14)13-18(24)22(2)12-17(23)20-10-16-4-3-9-25-16/h3-9H,10-13H2,1-2H3,(H,20,23)/p+1. The highest BCUT2D eigenvalue weighted by molar-refractivity contribution is 9.10. The summed E-state index contributed by atoms with van der Waals surface area (Å²) >= 11 is 3.41. The van der Waals surface area contributed by atoms with Crippen molar-refractivity contribution in [1.29, 1.82) is 0 Å². The lowest BCUT2D eigenvalue weighted by Crippen LogP contribution is -3.08. The van der Waals surface area contributed by atoms with Crippen LogP contribution in [0.5, 0.6) is 0 Å². The topological polar surface area (TPSA) is 67.0 Å². The zero-order valence-corrected chi connectivity index (χ0v) is 16.0. The minimum Gasteiger partial charge on any atom is -0.467 e. The first-order valence-electron chi connectivity index (χ1n) is 8.03. The minimum atomic E-state index is -0.210. The molecule has 0 bridgehead atoms. The van der Waals surface area contributed by atoms with Crippen LogP contribution in [0.15, 0.2) is 51.6 Å². The quantitative estimate of drug-likeness (QED) is 0.679. The van der Waals surface area contributed by atoms with Gasteiger partial charge in [0.2, 0.25) is 5.91 Å². The first kappa shape index (κ1) is 19.2. The van der Waals surface area contributed by atoms with E-state index >= 15 is 0 Å². The molecule has 134 valence electrons. The van der Waals surface area contributed by atoms with E-state index in [0.29, 0.717) is 18.8 Å². The molecule has 2 N–H and O–H groups in total. The molecule has 0 aliphatic carbocycles. The maximum Gasteiger partial charge on any atom is 0.277 e. The number of amides is 2. The average Bonchev–Trinajstić information content (AvgIpc) is 3.08.